The fourth-order valence-corrected chi connectivity index (χ4v) is 1.40. The molecule has 1 aliphatic carbocycles. The van der Waals surface area contributed by atoms with E-state index in [2.05, 4.69) is 25.2 Å². The molecule has 0 unspecified atom stereocenters. The van der Waals surface area contributed by atoms with E-state index in [1.807, 2.05) is 6.07 Å². The molecule has 1 heterocycles. The molecule has 0 bridgehead atoms. The van der Waals surface area contributed by atoms with Gasteiger partial charge < -0.3 is 9.73 Å². The molecule has 2 nitrogen and oxygen atoms in total. The normalized spacial score (nSPS) is 17.4. The Hall–Kier alpha value is -1.02. The lowest BCUT2D eigenvalue weighted by Crippen LogP contribution is -2.18. The third-order valence-corrected chi connectivity index (χ3v) is 2.53. The second kappa shape index (κ2) is 4.01. The molecular weight excluding hydrogens is 174 g/mol. The van der Waals surface area contributed by atoms with Gasteiger partial charge in [-0.05, 0) is 44.4 Å². The van der Waals surface area contributed by atoms with Gasteiger partial charge in [0, 0.05) is 12.6 Å². The summed E-state index contributed by atoms with van der Waals surface area (Å²) in [6.07, 6.45) is 6.54. The van der Waals surface area contributed by atoms with E-state index in [1.165, 1.54) is 24.0 Å². The zero-order valence-corrected chi connectivity index (χ0v) is 8.84. The Morgan fingerprint density at radius 2 is 2.43 bits per heavy atom. The number of aryl methyl sites for hydroxylation is 1. The smallest absolute Gasteiger partial charge is 0.129 e. The third-order valence-electron chi connectivity index (χ3n) is 2.53. The SMILES string of the molecule is C/C(=C/c1occc1C)CNC1CC1. The molecule has 0 aliphatic heterocycles. The summed E-state index contributed by atoms with van der Waals surface area (Å²) in [6.45, 7) is 5.18. The maximum atomic E-state index is 5.35. The predicted octanol–water partition coefficient (Wildman–Crippen LogP) is 2.74. The average Bonchev–Trinajstić information content (AvgIpc) is 2.90. The van der Waals surface area contributed by atoms with Crippen LogP contribution in [-0.2, 0) is 0 Å². The monoisotopic (exact) mass is 191 g/mol. The highest BCUT2D eigenvalue weighted by Crippen LogP contribution is 2.19. The van der Waals surface area contributed by atoms with E-state index >= 15 is 0 Å². The fraction of sp³-hybridized carbons (Fsp3) is 0.500. The van der Waals surface area contributed by atoms with E-state index in [1.54, 1.807) is 6.26 Å². The van der Waals surface area contributed by atoms with Gasteiger partial charge in [-0.25, -0.2) is 0 Å². The van der Waals surface area contributed by atoms with Crippen molar-refractivity contribution in [2.24, 2.45) is 0 Å². The second-order valence-electron chi connectivity index (χ2n) is 4.11. The molecule has 1 N–H and O–H groups in total. The van der Waals surface area contributed by atoms with Gasteiger partial charge in [0.05, 0.1) is 6.26 Å². The molecule has 0 saturated heterocycles. The van der Waals surface area contributed by atoms with Crippen molar-refractivity contribution in [3.63, 3.8) is 0 Å². The summed E-state index contributed by atoms with van der Waals surface area (Å²) in [7, 11) is 0. The first-order chi connectivity index (χ1) is 6.75. The van der Waals surface area contributed by atoms with Gasteiger partial charge in [0.1, 0.15) is 5.76 Å². The predicted molar refractivity (Wildman–Crippen MR) is 58.1 cm³/mol. The van der Waals surface area contributed by atoms with Gasteiger partial charge >= 0.3 is 0 Å². The molecule has 76 valence electrons. The lowest BCUT2D eigenvalue weighted by atomic mass is 10.2. The molecule has 0 atom stereocenters. The van der Waals surface area contributed by atoms with Gasteiger partial charge in [-0.2, -0.15) is 0 Å². The third kappa shape index (κ3) is 2.48. The van der Waals surface area contributed by atoms with Crippen molar-refractivity contribution in [1.29, 1.82) is 0 Å². The lowest BCUT2D eigenvalue weighted by molar-refractivity contribution is 0.554. The van der Waals surface area contributed by atoms with E-state index in [0.29, 0.717) is 0 Å². The highest BCUT2D eigenvalue weighted by molar-refractivity contribution is 5.50. The van der Waals surface area contributed by atoms with Crippen molar-refractivity contribution in [3.05, 3.63) is 29.2 Å². The molecule has 0 radical (unpaired) electrons. The van der Waals surface area contributed by atoms with Crippen molar-refractivity contribution >= 4 is 6.08 Å². The van der Waals surface area contributed by atoms with Crippen LogP contribution < -0.4 is 5.32 Å². The minimum atomic E-state index is 0.774. The van der Waals surface area contributed by atoms with Gasteiger partial charge in [0.25, 0.3) is 0 Å². The number of furan rings is 1. The van der Waals surface area contributed by atoms with Gasteiger partial charge in [-0.15, -0.1) is 0 Å². The highest BCUT2D eigenvalue weighted by Gasteiger charge is 2.19. The zero-order valence-electron chi connectivity index (χ0n) is 8.84. The van der Waals surface area contributed by atoms with E-state index in [0.717, 1.165) is 18.3 Å². The number of hydrogen-bond acceptors (Lipinski definition) is 2. The van der Waals surface area contributed by atoms with Crippen LogP contribution in [0.25, 0.3) is 6.08 Å². The van der Waals surface area contributed by atoms with E-state index in [-0.39, 0.29) is 0 Å². The molecule has 0 spiro atoms. The van der Waals surface area contributed by atoms with Crippen molar-refractivity contribution in [2.45, 2.75) is 32.7 Å². The molecular formula is C12H17NO. The van der Waals surface area contributed by atoms with E-state index in [9.17, 15) is 0 Å². The van der Waals surface area contributed by atoms with Crippen LogP contribution in [0.1, 0.15) is 31.1 Å². The van der Waals surface area contributed by atoms with Crippen LogP contribution in [-0.4, -0.2) is 12.6 Å². The summed E-state index contributed by atoms with van der Waals surface area (Å²) in [4.78, 5) is 0. The minimum absolute atomic E-state index is 0.774. The van der Waals surface area contributed by atoms with Crippen molar-refractivity contribution in [2.75, 3.05) is 6.54 Å². The molecule has 14 heavy (non-hydrogen) atoms. The van der Waals surface area contributed by atoms with Gasteiger partial charge in [0.15, 0.2) is 0 Å². The van der Waals surface area contributed by atoms with Gasteiger partial charge in [-0.3, -0.25) is 0 Å². The largest absolute Gasteiger partial charge is 0.465 e. The van der Waals surface area contributed by atoms with Crippen LogP contribution in [0.4, 0.5) is 0 Å². The maximum Gasteiger partial charge on any atom is 0.129 e. The molecule has 0 aromatic carbocycles. The molecule has 1 aromatic heterocycles. The summed E-state index contributed by atoms with van der Waals surface area (Å²) in [5.74, 6) is 0.986. The first kappa shape index (κ1) is 9.53. The molecule has 1 aliphatic rings. The van der Waals surface area contributed by atoms with Crippen molar-refractivity contribution in [3.8, 4) is 0 Å². The number of nitrogens with one attached hydrogen (secondary N) is 1. The maximum absolute atomic E-state index is 5.35. The summed E-state index contributed by atoms with van der Waals surface area (Å²) >= 11 is 0. The summed E-state index contributed by atoms with van der Waals surface area (Å²) in [6, 6.07) is 2.77. The summed E-state index contributed by atoms with van der Waals surface area (Å²) < 4.78 is 5.35. The van der Waals surface area contributed by atoms with Crippen LogP contribution in [0, 0.1) is 6.92 Å². The Kier molecular flexibility index (Phi) is 2.73. The Morgan fingerprint density at radius 3 is 3.00 bits per heavy atom. The molecule has 1 saturated carbocycles. The lowest BCUT2D eigenvalue weighted by Gasteiger charge is -2.02. The molecule has 0 amide bonds. The van der Waals surface area contributed by atoms with Crippen molar-refractivity contribution < 1.29 is 4.42 Å². The zero-order chi connectivity index (χ0) is 9.97. The Bertz CT molecular complexity index is 334. The first-order valence-electron chi connectivity index (χ1n) is 5.20. The second-order valence-corrected chi connectivity index (χ2v) is 4.11. The Labute approximate surface area is 85.0 Å². The molecule has 2 rings (SSSR count). The van der Waals surface area contributed by atoms with E-state index < -0.39 is 0 Å². The summed E-state index contributed by atoms with van der Waals surface area (Å²) in [5, 5.41) is 3.48. The Balaban J connectivity index is 1.91. The van der Waals surface area contributed by atoms with Crippen LogP contribution >= 0.6 is 0 Å². The molecule has 1 aromatic rings. The topological polar surface area (TPSA) is 25.2 Å². The van der Waals surface area contributed by atoms with Gasteiger partial charge in [-0.1, -0.05) is 5.57 Å². The fourth-order valence-electron chi connectivity index (χ4n) is 1.40. The minimum Gasteiger partial charge on any atom is -0.465 e. The standard InChI is InChI=1S/C12H17NO/c1-9(8-13-11-3-4-11)7-12-10(2)5-6-14-12/h5-7,11,13H,3-4,8H2,1-2H3/b9-7-. The number of rotatable bonds is 4. The average molecular weight is 191 g/mol. The Morgan fingerprint density at radius 1 is 1.64 bits per heavy atom. The number of hydrogen-bond donors (Lipinski definition) is 1. The quantitative estimate of drug-likeness (QED) is 0.791. The van der Waals surface area contributed by atoms with Crippen LogP contribution in [0.5, 0.6) is 0 Å². The van der Waals surface area contributed by atoms with Crippen LogP contribution in [0.15, 0.2) is 22.3 Å². The molecule has 2 heteroatoms. The van der Waals surface area contributed by atoms with Crippen LogP contribution in [0.3, 0.4) is 0 Å². The van der Waals surface area contributed by atoms with Gasteiger partial charge in [0.2, 0.25) is 0 Å². The van der Waals surface area contributed by atoms with Crippen molar-refractivity contribution in [1.82, 2.24) is 5.32 Å². The summed E-state index contributed by atoms with van der Waals surface area (Å²) in [5.41, 5.74) is 2.53. The van der Waals surface area contributed by atoms with E-state index in [4.69, 9.17) is 4.42 Å². The highest BCUT2D eigenvalue weighted by atomic mass is 16.3. The van der Waals surface area contributed by atoms with Crippen LogP contribution in [0.2, 0.25) is 0 Å². The molecule has 1 fully saturated rings. The first-order valence-corrected chi connectivity index (χ1v) is 5.20.